The zero-order valence-corrected chi connectivity index (χ0v) is 15.1. The highest BCUT2D eigenvalue weighted by Gasteiger charge is 2.15. The van der Waals surface area contributed by atoms with E-state index in [0.29, 0.717) is 6.42 Å². The predicted octanol–water partition coefficient (Wildman–Crippen LogP) is 4.99. The van der Waals surface area contributed by atoms with E-state index in [-0.39, 0.29) is 13.0 Å². The number of hydrogen-bond donors (Lipinski definition) is 0. The van der Waals surface area contributed by atoms with Crippen LogP contribution >= 0.6 is 0 Å². The summed E-state index contributed by atoms with van der Waals surface area (Å²) in [5.41, 5.74) is 4.37. The Morgan fingerprint density at radius 3 is 1.93 bits per heavy atom. The van der Waals surface area contributed by atoms with Gasteiger partial charge in [-0.25, -0.2) is 4.79 Å². The van der Waals surface area contributed by atoms with Gasteiger partial charge in [-0.2, -0.15) is 0 Å². The minimum atomic E-state index is -0.752. The molecule has 3 nitrogen and oxygen atoms in total. The molecule has 3 aromatic carbocycles. The van der Waals surface area contributed by atoms with Crippen molar-refractivity contribution in [2.24, 2.45) is 0 Å². The van der Waals surface area contributed by atoms with Gasteiger partial charge in [0.1, 0.15) is 6.61 Å². The van der Waals surface area contributed by atoms with Gasteiger partial charge in [0.05, 0.1) is 0 Å². The highest BCUT2D eigenvalue weighted by atomic mass is 16.5. The maximum absolute atomic E-state index is 11.9. The van der Waals surface area contributed by atoms with E-state index in [9.17, 15) is 9.59 Å². The molecule has 0 fully saturated rings. The van der Waals surface area contributed by atoms with Crippen molar-refractivity contribution in [3.05, 3.63) is 96.1 Å². The molecule has 0 bridgehead atoms. The summed E-state index contributed by atoms with van der Waals surface area (Å²) in [4.78, 5) is 23.7. The van der Waals surface area contributed by atoms with Gasteiger partial charge in [0.15, 0.2) is 0 Å². The summed E-state index contributed by atoms with van der Waals surface area (Å²) < 4.78 is 5.07. The number of carbonyl (C=O) groups excluding carboxylic acids is 2. The predicted molar refractivity (Wildman–Crippen MR) is 106 cm³/mol. The monoisotopic (exact) mass is 358 g/mol. The summed E-state index contributed by atoms with van der Waals surface area (Å²) in [7, 11) is 0. The first-order chi connectivity index (χ1) is 13.2. The number of carbonyl (C=O) groups is 2. The molecule has 0 N–H and O–H groups in total. The molecule has 0 aliphatic carbocycles. The van der Waals surface area contributed by atoms with Crippen LogP contribution in [0.1, 0.15) is 24.0 Å². The number of esters is 1. The number of benzene rings is 3. The smallest absolute Gasteiger partial charge is 0.374 e. The van der Waals surface area contributed by atoms with Crippen molar-refractivity contribution in [3.63, 3.8) is 0 Å². The van der Waals surface area contributed by atoms with Crippen molar-refractivity contribution in [1.29, 1.82) is 0 Å². The molecule has 0 atom stereocenters. The van der Waals surface area contributed by atoms with E-state index in [0.717, 1.165) is 17.5 Å². The van der Waals surface area contributed by atoms with E-state index < -0.39 is 11.8 Å². The Morgan fingerprint density at radius 2 is 1.26 bits per heavy atom. The van der Waals surface area contributed by atoms with Crippen LogP contribution in [-0.2, 0) is 27.4 Å². The molecule has 136 valence electrons. The Balaban J connectivity index is 1.42. The molecule has 27 heavy (non-hydrogen) atoms. The Hall–Kier alpha value is -3.20. The average Bonchev–Trinajstić information content (AvgIpc) is 2.74. The summed E-state index contributed by atoms with van der Waals surface area (Å²) in [6, 6.07) is 27.8. The normalized spacial score (nSPS) is 10.4. The lowest BCUT2D eigenvalue weighted by molar-refractivity contribution is -0.154. The lowest BCUT2D eigenvalue weighted by Gasteiger charge is -2.06. The first kappa shape index (κ1) is 18.6. The van der Waals surface area contributed by atoms with E-state index in [1.165, 1.54) is 11.1 Å². The maximum atomic E-state index is 11.9. The molecule has 0 unspecified atom stereocenters. The van der Waals surface area contributed by atoms with Crippen molar-refractivity contribution < 1.29 is 14.3 Å². The third-order valence-electron chi connectivity index (χ3n) is 4.37. The third-order valence-corrected chi connectivity index (χ3v) is 4.37. The Kier molecular flexibility index (Phi) is 6.53. The van der Waals surface area contributed by atoms with Crippen LogP contribution in [0.15, 0.2) is 84.9 Å². The van der Waals surface area contributed by atoms with Crippen molar-refractivity contribution >= 4 is 11.8 Å². The average molecular weight is 358 g/mol. The van der Waals surface area contributed by atoms with Crippen molar-refractivity contribution in [2.75, 3.05) is 0 Å². The van der Waals surface area contributed by atoms with E-state index in [1.807, 2.05) is 48.5 Å². The number of ketones is 1. The van der Waals surface area contributed by atoms with Crippen LogP contribution in [-0.4, -0.2) is 11.8 Å². The summed E-state index contributed by atoms with van der Waals surface area (Å²) >= 11 is 0. The number of Topliss-reactive ketones (excluding diaryl/α,β-unsaturated/α-hetero) is 1. The molecule has 3 heteroatoms. The fourth-order valence-electron chi connectivity index (χ4n) is 2.85. The van der Waals surface area contributed by atoms with Crippen LogP contribution < -0.4 is 0 Å². The van der Waals surface area contributed by atoms with E-state index in [1.54, 1.807) is 0 Å². The summed E-state index contributed by atoms with van der Waals surface area (Å²) in [5, 5.41) is 0. The highest BCUT2D eigenvalue weighted by molar-refractivity contribution is 6.33. The van der Waals surface area contributed by atoms with Crippen LogP contribution in [0.5, 0.6) is 0 Å². The van der Waals surface area contributed by atoms with Crippen LogP contribution in [0, 0.1) is 0 Å². The zero-order valence-electron chi connectivity index (χ0n) is 15.1. The third kappa shape index (κ3) is 5.65. The fraction of sp³-hybridized carbons (Fsp3) is 0.167. The number of ether oxygens (including phenoxy) is 1. The molecule has 3 rings (SSSR count). The Bertz CT molecular complexity index is 869. The summed E-state index contributed by atoms with van der Waals surface area (Å²) in [6.45, 7) is 0.131. The molecule has 0 saturated carbocycles. The van der Waals surface area contributed by atoms with Gasteiger partial charge in [0, 0.05) is 6.42 Å². The molecule has 0 amide bonds. The standard InChI is InChI=1S/C24H22O3/c25-23(24(26)27-18-20-8-3-1-4-9-20)13-7-10-19-14-16-22(17-15-19)21-11-5-2-6-12-21/h1-6,8-9,11-12,14-17H,7,10,13,18H2. The van der Waals surface area contributed by atoms with Gasteiger partial charge >= 0.3 is 5.97 Å². The second-order valence-corrected chi connectivity index (χ2v) is 6.40. The van der Waals surface area contributed by atoms with Crippen LogP contribution in [0.25, 0.3) is 11.1 Å². The molecule has 0 aliphatic rings. The van der Waals surface area contributed by atoms with E-state index >= 15 is 0 Å². The highest BCUT2D eigenvalue weighted by Crippen LogP contribution is 2.19. The van der Waals surface area contributed by atoms with Crippen molar-refractivity contribution in [1.82, 2.24) is 0 Å². The lowest BCUT2D eigenvalue weighted by atomic mass is 10.0. The van der Waals surface area contributed by atoms with Crippen LogP contribution in [0.2, 0.25) is 0 Å². The number of hydrogen-bond acceptors (Lipinski definition) is 3. The van der Waals surface area contributed by atoms with Crippen LogP contribution in [0.4, 0.5) is 0 Å². The second-order valence-electron chi connectivity index (χ2n) is 6.40. The molecule has 0 aliphatic heterocycles. The molecule has 0 radical (unpaired) electrons. The second kappa shape index (κ2) is 9.48. The Morgan fingerprint density at radius 1 is 0.667 bits per heavy atom. The zero-order chi connectivity index (χ0) is 18.9. The van der Waals surface area contributed by atoms with Gasteiger partial charge in [0.25, 0.3) is 0 Å². The van der Waals surface area contributed by atoms with Crippen molar-refractivity contribution in [2.45, 2.75) is 25.9 Å². The molecule has 0 aromatic heterocycles. The SMILES string of the molecule is O=C(CCCc1ccc(-c2ccccc2)cc1)C(=O)OCc1ccccc1. The van der Waals surface area contributed by atoms with E-state index in [4.69, 9.17) is 4.74 Å². The van der Waals surface area contributed by atoms with Gasteiger partial charge in [-0.1, -0.05) is 84.9 Å². The largest absolute Gasteiger partial charge is 0.455 e. The minimum Gasteiger partial charge on any atom is -0.455 e. The molecule has 3 aromatic rings. The first-order valence-electron chi connectivity index (χ1n) is 9.10. The van der Waals surface area contributed by atoms with Crippen LogP contribution in [0.3, 0.4) is 0 Å². The summed E-state index contributed by atoms with van der Waals surface area (Å²) in [5.74, 6) is -1.22. The molecule has 0 heterocycles. The van der Waals surface area contributed by atoms with Gasteiger partial charge < -0.3 is 4.74 Å². The summed E-state index contributed by atoms with van der Waals surface area (Å²) in [6.07, 6.45) is 1.59. The molecule has 0 saturated heterocycles. The quantitative estimate of drug-likeness (QED) is 0.421. The molecular formula is C24H22O3. The lowest BCUT2D eigenvalue weighted by Crippen LogP contribution is -2.17. The minimum absolute atomic E-state index is 0.131. The molecular weight excluding hydrogens is 336 g/mol. The number of rotatable bonds is 8. The van der Waals surface area contributed by atoms with Crippen molar-refractivity contribution in [3.8, 4) is 11.1 Å². The number of aryl methyl sites for hydroxylation is 1. The van der Waals surface area contributed by atoms with Gasteiger partial charge in [0.2, 0.25) is 5.78 Å². The van der Waals surface area contributed by atoms with Gasteiger partial charge in [-0.15, -0.1) is 0 Å². The molecule has 0 spiro atoms. The topological polar surface area (TPSA) is 43.4 Å². The Labute approximate surface area is 159 Å². The maximum Gasteiger partial charge on any atom is 0.374 e. The van der Waals surface area contributed by atoms with Gasteiger partial charge in [-0.3, -0.25) is 4.79 Å². The first-order valence-corrected chi connectivity index (χ1v) is 9.10. The van der Waals surface area contributed by atoms with E-state index in [2.05, 4.69) is 36.4 Å². The van der Waals surface area contributed by atoms with Gasteiger partial charge in [-0.05, 0) is 35.1 Å². The fourth-order valence-corrected chi connectivity index (χ4v) is 2.85.